The fraction of sp³-hybridized carbons (Fsp3) is 0.300. The van der Waals surface area contributed by atoms with Crippen molar-refractivity contribution in [3.8, 4) is 0 Å². The molecule has 27 heavy (non-hydrogen) atoms. The highest BCUT2D eigenvalue weighted by Crippen LogP contribution is 2.22. The molecule has 0 aliphatic carbocycles. The summed E-state index contributed by atoms with van der Waals surface area (Å²) in [6.45, 7) is 3.84. The number of benzene rings is 1. The third-order valence-electron chi connectivity index (χ3n) is 4.62. The monoisotopic (exact) mass is 364 g/mol. The van der Waals surface area contributed by atoms with Crippen LogP contribution >= 0.6 is 0 Å². The second-order valence-corrected chi connectivity index (χ2v) is 6.67. The van der Waals surface area contributed by atoms with Crippen molar-refractivity contribution in [1.29, 1.82) is 0 Å². The third-order valence-corrected chi connectivity index (χ3v) is 4.62. The maximum Gasteiger partial charge on any atom is 0.227 e. The lowest BCUT2D eigenvalue weighted by atomic mass is 9.92. The molecule has 0 aliphatic heterocycles. The molecule has 3 aromatic rings. The molecule has 0 spiro atoms. The van der Waals surface area contributed by atoms with Crippen molar-refractivity contribution in [2.45, 2.75) is 32.6 Å². The fourth-order valence-corrected chi connectivity index (χ4v) is 3.00. The molecular weight excluding hydrogens is 340 g/mol. The summed E-state index contributed by atoms with van der Waals surface area (Å²) in [7, 11) is 1.86. The van der Waals surface area contributed by atoms with Gasteiger partial charge in [0.05, 0.1) is 17.8 Å². The van der Waals surface area contributed by atoms with Gasteiger partial charge in [-0.1, -0.05) is 24.3 Å². The van der Waals surface area contributed by atoms with Crippen molar-refractivity contribution < 1.29 is 4.79 Å². The quantitative estimate of drug-likeness (QED) is 0.671. The predicted octanol–water partition coefficient (Wildman–Crippen LogP) is 2.64. The standard InChI is InChI=1S/C20H24N6O/c1-13-10-22-20(24-16-11-23-26(3)12-16)25-18(13)9-8-15-6-4-5-7-17(15)14(2)19(21)27/h4-7,10-12,14H,8-9H2,1-3H3,(H2,21,27)(H,22,24,25)/t14-/m0/s1. The van der Waals surface area contributed by atoms with E-state index < -0.39 is 0 Å². The number of aryl methyl sites for hydroxylation is 4. The first kappa shape index (κ1) is 18.6. The summed E-state index contributed by atoms with van der Waals surface area (Å²) in [6, 6.07) is 7.92. The first-order chi connectivity index (χ1) is 12.9. The van der Waals surface area contributed by atoms with Gasteiger partial charge in [-0.05, 0) is 43.4 Å². The molecule has 3 N–H and O–H groups in total. The highest BCUT2D eigenvalue weighted by atomic mass is 16.1. The molecule has 0 radical (unpaired) electrons. The molecular formula is C20H24N6O. The Bertz CT molecular complexity index is 949. The molecule has 0 saturated heterocycles. The first-order valence-electron chi connectivity index (χ1n) is 8.89. The number of primary amides is 1. The van der Waals surface area contributed by atoms with Crippen LogP contribution in [0.15, 0.2) is 42.9 Å². The van der Waals surface area contributed by atoms with E-state index in [9.17, 15) is 4.79 Å². The van der Waals surface area contributed by atoms with E-state index in [-0.39, 0.29) is 11.8 Å². The van der Waals surface area contributed by atoms with Gasteiger partial charge >= 0.3 is 0 Å². The minimum Gasteiger partial charge on any atom is -0.369 e. The third kappa shape index (κ3) is 4.49. The summed E-state index contributed by atoms with van der Waals surface area (Å²) in [6.07, 6.45) is 6.93. The number of carbonyl (C=O) groups excluding carboxylic acids is 1. The summed E-state index contributed by atoms with van der Waals surface area (Å²) in [4.78, 5) is 20.6. The molecule has 0 bridgehead atoms. The number of carbonyl (C=O) groups is 1. The number of hydrogen-bond acceptors (Lipinski definition) is 5. The van der Waals surface area contributed by atoms with E-state index in [1.165, 1.54) is 0 Å². The maximum atomic E-state index is 11.6. The van der Waals surface area contributed by atoms with Crippen molar-refractivity contribution in [1.82, 2.24) is 19.7 Å². The van der Waals surface area contributed by atoms with Crippen LogP contribution in [0.1, 0.15) is 35.2 Å². The summed E-state index contributed by atoms with van der Waals surface area (Å²) in [5, 5.41) is 7.30. The Kier molecular flexibility index (Phi) is 5.49. The van der Waals surface area contributed by atoms with Gasteiger partial charge in [0, 0.05) is 25.1 Å². The lowest BCUT2D eigenvalue weighted by Gasteiger charge is -2.14. The van der Waals surface area contributed by atoms with Crippen molar-refractivity contribution in [2.75, 3.05) is 5.32 Å². The Labute approximate surface area is 158 Å². The molecule has 2 aromatic heterocycles. The van der Waals surface area contributed by atoms with E-state index in [2.05, 4.69) is 20.4 Å². The van der Waals surface area contributed by atoms with Crippen molar-refractivity contribution in [2.24, 2.45) is 12.8 Å². The first-order valence-corrected chi connectivity index (χ1v) is 8.89. The zero-order valence-corrected chi connectivity index (χ0v) is 15.8. The van der Waals surface area contributed by atoms with Gasteiger partial charge in [-0.15, -0.1) is 0 Å². The molecule has 1 atom stereocenters. The molecule has 1 aromatic carbocycles. The van der Waals surface area contributed by atoms with Gasteiger partial charge in [0.1, 0.15) is 0 Å². The maximum absolute atomic E-state index is 11.6. The van der Waals surface area contributed by atoms with Crippen LogP contribution in [-0.2, 0) is 24.7 Å². The minimum absolute atomic E-state index is 0.310. The van der Waals surface area contributed by atoms with Crippen molar-refractivity contribution >= 4 is 17.5 Å². The highest BCUT2D eigenvalue weighted by Gasteiger charge is 2.15. The summed E-state index contributed by atoms with van der Waals surface area (Å²) >= 11 is 0. The Morgan fingerprint density at radius 2 is 2.04 bits per heavy atom. The predicted molar refractivity (Wildman–Crippen MR) is 105 cm³/mol. The number of nitrogens with zero attached hydrogens (tertiary/aromatic N) is 4. The lowest BCUT2D eigenvalue weighted by molar-refractivity contribution is -0.119. The van der Waals surface area contributed by atoms with Crippen molar-refractivity contribution in [3.63, 3.8) is 0 Å². The van der Waals surface area contributed by atoms with E-state index in [0.29, 0.717) is 5.95 Å². The molecule has 0 unspecified atom stereocenters. The summed E-state index contributed by atoms with van der Waals surface area (Å²) in [5.74, 6) is -0.0819. The topological polar surface area (TPSA) is 98.7 Å². The van der Waals surface area contributed by atoms with Crippen LogP contribution in [0.4, 0.5) is 11.6 Å². The zero-order chi connectivity index (χ0) is 19.4. The normalized spacial score (nSPS) is 12.0. The van der Waals surface area contributed by atoms with Gasteiger partial charge in [-0.2, -0.15) is 5.10 Å². The van der Waals surface area contributed by atoms with Crippen LogP contribution in [0.3, 0.4) is 0 Å². The number of aromatic nitrogens is 4. The van der Waals surface area contributed by atoms with Crippen LogP contribution in [0, 0.1) is 6.92 Å². The van der Waals surface area contributed by atoms with Crippen LogP contribution in [0.2, 0.25) is 0 Å². The second kappa shape index (κ2) is 7.99. The molecule has 140 valence electrons. The summed E-state index contributed by atoms with van der Waals surface area (Å²) < 4.78 is 1.72. The van der Waals surface area contributed by atoms with Gasteiger partial charge in [0.2, 0.25) is 11.9 Å². The number of nitrogens with two attached hydrogens (primary N) is 1. The van der Waals surface area contributed by atoms with Gasteiger partial charge in [0.25, 0.3) is 0 Å². The van der Waals surface area contributed by atoms with Crippen LogP contribution in [0.25, 0.3) is 0 Å². The Morgan fingerprint density at radius 1 is 1.26 bits per heavy atom. The minimum atomic E-state index is -0.316. The van der Waals surface area contributed by atoms with Gasteiger partial charge in [-0.3, -0.25) is 9.48 Å². The average Bonchev–Trinajstić information content (AvgIpc) is 3.06. The van der Waals surface area contributed by atoms with E-state index in [4.69, 9.17) is 5.73 Å². The Hall–Kier alpha value is -3.22. The molecule has 2 heterocycles. The fourth-order valence-electron chi connectivity index (χ4n) is 3.00. The second-order valence-electron chi connectivity index (χ2n) is 6.67. The molecule has 0 saturated carbocycles. The Morgan fingerprint density at radius 3 is 2.74 bits per heavy atom. The van der Waals surface area contributed by atoms with E-state index in [1.54, 1.807) is 10.9 Å². The highest BCUT2D eigenvalue weighted by molar-refractivity contribution is 5.81. The molecule has 7 heteroatoms. The molecule has 1 amide bonds. The van der Waals surface area contributed by atoms with E-state index in [1.807, 2.05) is 57.6 Å². The van der Waals surface area contributed by atoms with Crippen LogP contribution in [0.5, 0.6) is 0 Å². The SMILES string of the molecule is Cc1cnc(Nc2cnn(C)c2)nc1CCc1ccccc1[C@H](C)C(N)=O. The molecule has 0 aliphatic rings. The number of nitrogens with one attached hydrogen (secondary N) is 1. The smallest absolute Gasteiger partial charge is 0.227 e. The lowest BCUT2D eigenvalue weighted by Crippen LogP contribution is -2.20. The van der Waals surface area contributed by atoms with E-state index in [0.717, 1.165) is 40.9 Å². The molecule has 3 rings (SSSR count). The molecule has 0 fully saturated rings. The van der Waals surface area contributed by atoms with Crippen LogP contribution in [-0.4, -0.2) is 25.7 Å². The summed E-state index contributed by atoms with van der Waals surface area (Å²) in [5.41, 5.74) is 10.4. The van der Waals surface area contributed by atoms with E-state index >= 15 is 0 Å². The largest absolute Gasteiger partial charge is 0.369 e. The van der Waals surface area contributed by atoms with Gasteiger partial charge < -0.3 is 11.1 Å². The molecule has 7 nitrogen and oxygen atoms in total. The average molecular weight is 364 g/mol. The van der Waals surface area contributed by atoms with Gasteiger partial charge in [-0.25, -0.2) is 9.97 Å². The number of hydrogen-bond donors (Lipinski definition) is 2. The number of amides is 1. The number of anilines is 2. The number of rotatable bonds is 7. The van der Waals surface area contributed by atoms with Gasteiger partial charge in [0.15, 0.2) is 0 Å². The zero-order valence-electron chi connectivity index (χ0n) is 15.8. The van der Waals surface area contributed by atoms with Crippen LogP contribution < -0.4 is 11.1 Å². The van der Waals surface area contributed by atoms with Crippen molar-refractivity contribution in [3.05, 3.63) is 65.2 Å². The Balaban J connectivity index is 1.76.